The summed E-state index contributed by atoms with van der Waals surface area (Å²) in [6.07, 6.45) is 0.352. The van der Waals surface area contributed by atoms with E-state index in [0.717, 1.165) is 18.2 Å². The highest BCUT2D eigenvalue weighted by Gasteiger charge is 2.15. The number of rotatable bonds is 2. The van der Waals surface area contributed by atoms with E-state index in [4.69, 9.17) is 4.55 Å². The van der Waals surface area contributed by atoms with E-state index in [2.05, 4.69) is 0 Å². The van der Waals surface area contributed by atoms with Crippen molar-refractivity contribution in [2.24, 2.45) is 0 Å². The molecule has 0 saturated heterocycles. The van der Waals surface area contributed by atoms with Crippen molar-refractivity contribution >= 4 is 27.2 Å². The van der Waals surface area contributed by atoms with Crippen molar-refractivity contribution in [1.82, 2.24) is 0 Å². The number of phenolic OH excluding ortho intramolecular Hbond substituents is 2. The van der Waals surface area contributed by atoms with Gasteiger partial charge in [-0.25, -0.2) is 0 Å². The minimum Gasteiger partial charge on any atom is -0.504 e. The van der Waals surface area contributed by atoms with Gasteiger partial charge in [0.05, 0.1) is 10.5 Å². The number of aromatic hydroxyl groups is 2. The first-order valence-electron chi connectivity index (χ1n) is 4.76. The lowest BCUT2D eigenvalue weighted by molar-refractivity contribution is 0.112. The van der Waals surface area contributed by atoms with Crippen LogP contribution in [0.4, 0.5) is 0 Å². The highest BCUT2D eigenvalue weighted by atomic mass is 32.2. The molecular weight excluding hydrogens is 260 g/mol. The molecule has 0 aliphatic rings. The van der Waals surface area contributed by atoms with Gasteiger partial charge in [0, 0.05) is 0 Å². The molecule has 0 heterocycles. The molecule has 0 radical (unpaired) electrons. The first-order valence-corrected chi connectivity index (χ1v) is 6.20. The van der Waals surface area contributed by atoms with Gasteiger partial charge in [0.25, 0.3) is 10.1 Å². The highest BCUT2D eigenvalue weighted by Crippen LogP contribution is 2.35. The molecule has 0 amide bonds. The molecular formula is C11H8O6S. The molecule has 0 fully saturated rings. The van der Waals surface area contributed by atoms with Gasteiger partial charge in [-0.15, -0.1) is 0 Å². The van der Waals surface area contributed by atoms with Gasteiger partial charge in [0.2, 0.25) is 0 Å². The van der Waals surface area contributed by atoms with Crippen molar-refractivity contribution in [3.63, 3.8) is 0 Å². The monoisotopic (exact) mass is 268 g/mol. The van der Waals surface area contributed by atoms with E-state index in [-0.39, 0.29) is 21.2 Å². The van der Waals surface area contributed by atoms with Crippen molar-refractivity contribution in [2.75, 3.05) is 0 Å². The number of carbonyl (C=O) groups excluding carboxylic acids is 1. The maximum Gasteiger partial charge on any atom is 0.294 e. The fourth-order valence-corrected chi connectivity index (χ4v) is 2.18. The van der Waals surface area contributed by atoms with Gasteiger partial charge in [0.15, 0.2) is 17.8 Å². The third kappa shape index (κ3) is 1.89. The predicted octanol–water partition coefficient (Wildman–Crippen LogP) is 1.31. The first-order chi connectivity index (χ1) is 8.34. The Labute approximate surface area is 102 Å². The van der Waals surface area contributed by atoms with Crippen molar-refractivity contribution in [2.45, 2.75) is 4.90 Å². The molecule has 0 spiro atoms. The molecule has 0 aliphatic heterocycles. The van der Waals surface area contributed by atoms with Crippen LogP contribution in [0.2, 0.25) is 0 Å². The lowest BCUT2D eigenvalue weighted by Gasteiger charge is -2.07. The Morgan fingerprint density at radius 3 is 2.33 bits per heavy atom. The van der Waals surface area contributed by atoms with E-state index in [1.165, 1.54) is 6.07 Å². The number of hydrogen-bond donors (Lipinski definition) is 3. The SMILES string of the molecule is O=Cc1c(O)c(O)cc2cc(S(=O)(=O)O)ccc12. The maximum atomic E-state index is 11.0. The standard InChI is InChI=1S/C11H8O6S/c12-5-9-8-2-1-7(18(15,16)17)3-6(8)4-10(13)11(9)14/h1-5,13-14H,(H,15,16,17). The molecule has 0 unspecified atom stereocenters. The molecule has 18 heavy (non-hydrogen) atoms. The van der Waals surface area contributed by atoms with E-state index < -0.39 is 21.6 Å². The van der Waals surface area contributed by atoms with Gasteiger partial charge in [-0.1, -0.05) is 6.07 Å². The summed E-state index contributed by atoms with van der Waals surface area (Å²) < 4.78 is 30.8. The Balaban J connectivity index is 2.89. The number of aldehydes is 1. The van der Waals surface area contributed by atoms with Gasteiger partial charge >= 0.3 is 0 Å². The van der Waals surface area contributed by atoms with Crippen LogP contribution >= 0.6 is 0 Å². The van der Waals surface area contributed by atoms with Crippen LogP contribution in [0.1, 0.15) is 10.4 Å². The van der Waals surface area contributed by atoms with Crippen molar-refractivity contribution in [3.05, 3.63) is 29.8 Å². The average Bonchev–Trinajstić information content (AvgIpc) is 2.29. The maximum absolute atomic E-state index is 11.0. The van der Waals surface area contributed by atoms with E-state index in [0.29, 0.717) is 6.29 Å². The second-order valence-corrected chi connectivity index (χ2v) is 5.06. The molecule has 0 atom stereocenters. The van der Waals surface area contributed by atoms with Crippen LogP contribution in [-0.4, -0.2) is 29.5 Å². The summed E-state index contributed by atoms with van der Waals surface area (Å²) >= 11 is 0. The fraction of sp³-hybridized carbons (Fsp3) is 0. The van der Waals surface area contributed by atoms with Crippen LogP contribution in [-0.2, 0) is 10.1 Å². The zero-order chi connectivity index (χ0) is 13.5. The van der Waals surface area contributed by atoms with Crippen LogP contribution in [0.5, 0.6) is 11.5 Å². The smallest absolute Gasteiger partial charge is 0.294 e. The number of fused-ring (bicyclic) bond motifs is 1. The van der Waals surface area contributed by atoms with Crippen molar-refractivity contribution < 1.29 is 28.0 Å². The summed E-state index contributed by atoms with van der Waals surface area (Å²) in [4.78, 5) is 10.5. The van der Waals surface area contributed by atoms with E-state index in [1.54, 1.807) is 0 Å². The van der Waals surface area contributed by atoms with E-state index >= 15 is 0 Å². The Kier molecular flexibility index (Phi) is 2.72. The van der Waals surface area contributed by atoms with Gasteiger partial charge < -0.3 is 10.2 Å². The summed E-state index contributed by atoms with van der Waals surface area (Å²) in [5, 5.41) is 19.4. The second kappa shape index (κ2) is 3.97. The summed E-state index contributed by atoms with van der Waals surface area (Å²) in [6.45, 7) is 0. The molecule has 0 bridgehead atoms. The molecule has 0 aromatic heterocycles. The number of carbonyl (C=O) groups is 1. The molecule has 94 valence electrons. The topological polar surface area (TPSA) is 112 Å². The van der Waals surface area contributed by atoms with Crippen molar-refractivity contribution in [3.8, 4) is 11.5 Å². The molecule has 7 heteroatoms. The second-order valence-electron chi connectivity index (χ2n) is 3.63. The Morgan fingerprint density at radius 2 is 1.78 bits per heavy atom. The lowest BCUT2D eigenvalue weighted by atomic mass is 10.0. The van der Waals surface area contributed by atoms with Gasteiger partial charge in [-0.05, 0) is 29.0 Å². The molecule has 6 nitrogen and oxygen atoms in total. The Hall–Kier alpha value is -2.12. The third-order valence-corrected chi connectivity index (χ3v) is 3.37. The molecule has 0 saturated carbocycles. The molecule has 2 rings (SSSR count). The minimum atomic E-state index is -4.37. The van der Waals surface area contributed by atoms with Gasteiger partial charge in [0.1, 0.15) is 0 Å². The average molecular weight is 268 g/mol. The summed E-state index contributed by atoms with van der Waals surface area (Å²) in [5.74, 6) is -1.12. The lowest BCUT2D eigenvalue weighted by Crippen LogP contribution is -1.98. The molecule has 2 aromatic carbocycles. The van der Waals surface area contributed by atoms with Crippen LogP contribution in [0.15, 0.2) is 29.2 Å². The molecule has 2 aromatic rings. The largest absolute Gasteiger partial charge is 0.504 e. The molecule has 3 N–H and O–H groups in total. The van der Waals surface area contributed by atoms with Crippen LogP contribution in [0.25, 0.3) is 10.8 Å². The zero-order valence-electron chi connectivity index (χ0n) is 8.86. The van der Waals surface area contributed by atoms with Crippen molar-refractivity contribution in [1.29, 1.82) is 0 Å². The number of hydrogen-bond acceptors (Lipinski definition) is 5. The summed E-state index contributed by atoms with van der Waals surface area (Å²) in [6, 6.07) is 4.56. The van der Waals surface area contributed by atoms with Gasteiger partial charge in [-0.3, -0.25) is 9.35 Å². The first kappa shape index (κ1) is 12.3. The van der Waals surface area contributed by atoms with E-state index in [9.17, 15) is 23.4 Å². The number of phenols is 2. The highest BCUT2D eigenvalue weighted by molar-refractivity contribution is 7.85. The third-order valence-electron chi connectivity index (χ3n) is 2.52. The number of benzene rings is 2. The Morgan fingerprint density at radius 1 is 1.11 bits per heavy atom. The Bertz CT molecular complexity index is 748. The van der Waals surface area contributed by atoms with E-state index in [1.807, 2.05) is 0 Å². The minimum absolute atomic E-state index is 0.146. The summed E-state index contributed by atoms with van der Waals surface area (Å²) in [5.41, 5.74) is -0.146. The van der Waals surface area contributed by atoms with Crippen LogP contribution < -0.4 is 0 Å². The van der Waals surface area contributed by atoms with Crippen LogP contribution in [0.3, 0.4) is 0 Å². The quantitative estimate of drug-likeness (QED) is 0.430. The predicted molar refractivity (Wildman–Crippen MR) is 62.5 cm³/mol. The molecule has 0 aliphatic carbocycles. The summed E-state index contributed by atoms with van der Waals surface area (Å²) in [7, 11) is -4.37. The zero-order valence-corrected chi connectivity index (χ0v) is 9.68. The fourth-order valence-electron chi connectivity index (χ4n) is 1.67. The van der Waals surface area contributed by atoms with Gasteiger partial charge in [-0.2, -0.15) is 8.42 Å². The normalized spacial score (nSPS) is 11.6. The van der Waals surface area contributed by atoms with Crippen LogP contribution in [0, 0.1) is 0 Å².